The van der Waals surface area contributed by atoms with Crippen LogP contribution in [0.15, 0.2) is 42.7 Å². The Morgan fingerprint density at radius 2 is 1.87 bits per heavy atom. The van der Waals surface area contributed by atoms with Crippen molar-refractivity contribution >= 4 is 5.69 Å². The van der Waals surface area contributed by atoms with Crippen molar-refractivity contribution in [2.75, 3.05) is 44.8 Å². The van der Waals surface area contributed by atoms with Crippen molar-refractivity contribution in [2.45, 2.75) is 43.8 Å². The van der Waals surface area contributed by atoms with Gasteiger partial charge in [0.25, 0.3) is 5.92 Å². The zero-order chi connectivity index (χ0) is 27.7. The standard InChI is InChI=1S/C28H32F5N5O/c1-17-7-19-8-18(20-11-34-35-12-20)3-4-23(19)27(38(17)15-28(32,33)16-39)26-24(30)9-21(10-25(26)31)36-22-13-37(14-22)6-2-5-29/h3-4,8-12,17,22,27,36,39H,2,5-7,13-16H2,1H3,(H,34,35)/t17-,27+/m1/s1. The minimum Gasteiger partial charge on any atom is -0.390 e. The number of H-pyrrole nitrogens is 1. The molecule has 39 heavy (non-hydrogen) atoms. The maximum atomic E-state index is 15.7. The summed E-state index contributed by atoms with van der Waals surface area (Å²) < 4.78 is 72.7. The Balaban J connectivity index is 1.48. The smallest absolute Gasteiger partial charge is 0.283 e. The van der Waals surface area contributed by atoms with E-state index in [1.54, 1.807) is 31.5 Å². The molecule has 0 amide bonds. The number of likely N-dealkylation sites (tertiary alicyclic amines) is 1. The molecule has 2 atom stereocenters. The molecule has 0 bridgehead atoms. The van der Waals surface area contributed by atoms with Gasteiger partial charge in [-0.2, -0.15) is 5.10 Å². The van der Waals surface area contributed by atoms with Crippen molar-refractivity contribution in [3.63, 3.8) is 0 Å². The van der Waals surface area contributed by atoms with Crippen molar-refractivity contribution in [1.82, 2.24) is 20.0 Å². The first-order valence-corrected chi connectivity index (χ1v) is 13.1. The van der Waals surface area contributed by atoms with E-state index in [1.165, 1.54) is 17.0 Å². The number of nitrogens with zero attached hydrogens (tertiary/aromatic N) is 3. The molecule has 1 aromatic heterocycles. The van der Waals surface area contributed by atoms with Gasteiger partial charge >= 0.3 is 0 Å². The van der Waals surface area contributed by atoms with E-state index in [0.717, 1.165) is 16.7 Å². The summed E-state index contributed by atoms with van der Waals surface area (Å²) in [6.45, 7) is 1.04. The number of hydrogen-bond acceptors (Lipinski definition) is 5. The van der Waals surface area contributed by atoms with Crippen LogP contribution in [0.3, 0.4) is 0 Å². The van der Waals surface area contributed by atoms with E-state index in [4.69, 9.17) is 0 Å². The van der Waals surface area contributed by atoms with Crippen LogP contribution in [0.5, 0.6) is 0 Å². The first kappa shape index (κ1) is 27.5. The topological polar surface area (TPSA) is 67.4 Å². The molecule has 3 N–H and O–H groups in total. The Kier molecular flexibility index (Phi) is 7.93. The highest BCUT2D eigenvalue weighted by atomic mass is 19.3. The maximum absolute atomic E-state index is 15.7. The Morgan fingerprint density at radius 1 is 1.13 bits per heavy atom. The molecule has 5 rings (SSSR count). The third-order valence-electron chi connectivity index (χ3n) is 7.62. The van der Waals surface area contributed by atoms with E-state index in [9.17, 15) is 18.3 Å². The van der Waals surface area contributed by atoms with Crippen molar-refractivity contribution in [1.29, 1.82) is 0 Å². The molecule has 6 nitrogen and oxygen atoms in total. The number of benzene rings is 2. The summed E-state index contributed by atoms with van der Waals surface area (Å²) in [5, 5.41) is 19.1. The van der Waals surface area contributed by atoms with Crippen molar-refractivity contribution in [3.8, 4) is 11.1 Å². The van der Waals surface area contributed by atoms with E-state index in [0.29, 0.717) is 38.0 Å². The third-order valence-corrected chi connectivity index (χ3v) is 7.62. The van der Waals surface area contributed by atoms with Gasteiger partial charge in [0.05, 0.1) is 31.5 Å². The summed E-state index contributed by atoms with van der Waals surface area (Å²) in [5.74, 6) is -5.13. The van der Waals surface area contributed by atoms with Gasteiger partial charge in [-0.25, -0.2) is 17.6 Å². The van der Waals surface area contributed by atoms with Gasteiger partial charge in [0.1, 0.15) is 18.2 Å². The van der Waals surface area contributed by atoms with Crippen LogP contribution in [0.25, 0.3) is 11.1 Å². The molecule has 0 saturated carbocycles. The molecule has 3 heterocycles. The summed E-state index contributed by atoms with van der Waals surface area (Å²) >= 11 is 0. The number of aromatic amines is 1. The number of rotatable bonds is 10. The Morgan fingerprint density at radius 3 is 2.51 bits per heavy atom. The monoisotopic (exact) mass is 549 g/mol. The second-order valence-electron chi connectivity index (χ2n) is 10.5. The van der Waals surface area contributed by atoms with Gasteiger partial charge in [-0.3, -0.25) is 19.3 Å². The van der Waals surface area contributed by atoms with Crippen LogP contribution in [-0.2, 0) is 6.42 Å². The van der Waals surface area contributed by atoms with Gasteiger partial charge < -0.3 is 10.4 Å². The zero-order valence-corrected chi connectivity index (χ0v) is 21.6. The van der Waals surface area contributed by atoms with E-state index >= 15 is 8.78 Å². The van der Waals surface area contributed by atoms with E-state index in [2.05, 4.69) is 20.4 Å². The lowest BCUT2D eigenvalue weighted by molar-refractivity contribution is -0.0867. The van der Waals surface area contributed by atoms with Crippen molar-refractivity contribution in [3.05, 3.63) is 71.1 Å². The molecule has 3 aromatic rings. The molecule has 0 aliphatic carbocycles. The van der Waals surface area contributed by atoms with Gasteiger partial charge in [-0.15, -0.1) is 0 Å². The molecular formula is C28H32F5N5O. The first-order chi connectivity index (χ1) is 18.7. The Hall–Kier alpha value is -3.02. The van der Waals surface area contributed by atoms with Crippen LogP contribution in [-0.4, -0.2) is 82.6 Å². The fraction of sp³-hybridized carbons (Fsp3) is 0.464. The molecule has 2 aromatic carbocycles. The summed E-state index contributed by atoms with van der Waals surface area (Å²) in [6, 6.07) is 6.19. The number of aromatic nitrogens is 2. The van der Waals surface area contributed by atoms with Crippen LogP contribution < -0.4 is 5.32 Å². The molecule has 1 fully saturated rings. The number of aliphatic hydroxyl groups is 1. The first-order valence-electron chi connectivity index (χ1n) is 13.1. The van der Waals surface area contributed by atoms with Crippen LogP contribution in [0, 0.1) is 11.6 Å². The SMILES string of the molecule is C[C@@H]1Cc2cc(-c3cn[nH]c3)ccc2[C@@H](c2c(F)cc(NC3CN(CCCF)C3)cc2F)N1CC(F)(F)CO. The Bertz CT molecular complexity index is 1260. The number of fused-ring (bicyclic) bond motifs is 1. The minimum absolute atomic E-state index is 0.0224. The third kappa shape index (κ3) is 5.80. The highest BCUT2D eigenvalue weighted by Crippen LogP contribution is 2.43. The molecule has 0 radical (unpaired) electrons. The highest BCUT2D eigenvalue weighted by Gasteiger charge is 2.42. The van der Waals surface area contributed by atoms with Crippen LogP contribution in [0.1, 0.15) is 36.1 Å². The minimum atomic E-state index is -3.45. The molecular weight excluding hydrogens is 517 g/mol. The summed E-state index contributed by atoms with van der Waals surface area (Å²) in [5.41, 5.74) is 2.98. The quantitative estimate of drug-likeness (QED) is 0.318. The second-order valence-corrected chi connectivity index (χ2v) is 10.5. The molecule has 0 spiro atoms. The predicted octanol–water partition coefficient (Wildman–Crippen LogP) is 4.77. The fourth-order valence-electron chi connectivity index (χ4n) is 5.68. The molecule has 0 unspecified atom stereocenters. The molecule has 2 aliphatic rings. The number of alkyl halides is 3. The lowest BCUT2D eigenvalue weighted by Gasteiger charge is -2.44. The number of halogens is 5. The van der Waals surface area contributed by atoms with Gasteiger partial charge in [-0.05, 0) is 48.6 Å². The average molecular weight is 550 g/mol. The lowest BCUT2D eigenvalue weighted by Crippen LogP contribution is -2.54. The molecule has 2 aliphatic heterocycles. The van der Waals surface area contributed by atoms with E-state index in [1.807, 2.05) is 6.07 Å². The predicted molar refractivity (Wildman–Crippen MR) is 139 cm³/mol. The molecule has 11 heteroatoms. The van der Waals surface area contributed by atoms with Crippen LogP contribution in [0.2, 0.25) is 0 Å². The summed E-state index contributed by atoms with van der Waals surface area (Å²) in [7, 11) is 0. The average Bonchev–Trinajstić information content (AvgIpc) is 3.41. The van der Waals surface area contributed by atoms with E-state index < -0.39 is 42.8 Å². The van der Waals surface area contributed by atoms with E-state index in [-0.39, 0.29) is 24.0 Å². The highest BCUT2D eigenvalue weighted by molar-refractivity contribution is 5.64. The zero-order valence-electron chi connectivity index (χ0n) is 21.6. The lowest BCUT2D eigenvalue weighted by atomic mass is 9.83. The maximum Gasteiger partial charge on any atom is 0.283 e. The number of hydrogen-bond donors (Lipinski definition) is 3. The van der Waals surface area contributed by atoms with Crippen LogP contribution in [0.4, 0.5) is 27.6 Å². The summed E-state index contributed by atoms with van der Waals surface area (Å²) in [4.78, 5) is 3.43. The largest absolute Gasteiger partial charge is 0.390 e. The van der Waals surface area contributed by atoms with Crippen molar-refractivity contribution < 1.29 is 27.1 Å². The normalized spacial score (nSPS) is 20.6. The number of nitrogens with one attached hydrogen (secondary N) is 2. The molecule has 210 valence electrons. The molecule has 1 saturated heterocycles. The summed E-state index contributed by atoms with van der Waals surface area (Å²) in [6.07, 6.45) is 4.23. The Labute approximate surface area is 223 Å². The van der Waals surface area contributed by atoms with Crippen molar-refractivity contribution in [2.24, 2.45) is 0 Å². The second kappa shape index (κ2) is 11.2. The van der Waals surface area contributed by atoms with Gasteiger partial charge in [-0.1, -0.05) is 18.2 Å². The van der Waals surface area contributed by atoms with Crippen LogP contribution >= 0.6 is 0 Å². The fourth-order valence-corrected chi connectivity index (χ4v) is 5.68. The van der Waals surface area contributed by atoms with Gasteiger partial charge in [0.2, 0.25) is 0 Å². The number of aliphatic hydroxyl groups excluding tert-OH is 1. The van der Waals surface area contributed by atoms with Gasteiger partial charge in [0.15, 0.2) is 0 Å². The number of anilines is 1. The van der Waals surface area contributed by atoms with Gasteiger partial charge in [0, 0.05) is 48.7 Å².